The Morgan fingerprint density at radius 3 is 2.52 bits per heavy atom. The van der Waals surface area contributed by atoms with Gasteiger partial charge >= 0.3 is 12.1 Å². The average molecular weight is 399 g/mol. The zero-order valence-electron chi connectivity index (χ0n) is 16.4. The van der Waals surface area contributed by atoms with Crippen LogP contribution in [0.2, 0.25) is 0 Å². The highest BCUT2D eigenvalue weighted by Crippen LogP contribution is 2.35. The lowest BCUT2D eigenvalue weighted by Crippen LogP contribution is -2.22. The Morgan fingerprint density at radius 1 is 1.17 bits per heavy atom. The van der Waals surface area contributed by atoms with Crippen molar-refractivity contribution in [2.75, 3.05) is 12.4 Å². The van der Waals surface area contributed by atoms with Gasteiger partial charge in [0.25, 0.3) is 0 Å². The van der Waals surface area contributed by atoms with Crippen molar-refractivity contribution in [3.05, 3.63) is 66.2 Å². The van der Waals surface area contributed by atoms with E-state index in [0.717, 1.165) is 6.08 Å². The summed E-state index contributed by atoms with van der Waals surface area (Å²) in [5.41, 5.74) is 1.21. The summed E-state index contributed by atoms with van der Waals surface area (Å²) in [5.74, 6) is -0.881. The number of carboxylic acid groups (broad SMARTS) is 1. The Balaban J connectivity index is 2.16. The number of anilines is 1. The number of para-hydroxylation sites is 1. The summed E-state index contributed by atoms with van der Waals surface area (Å²) >= 11 is 0. The minimum absolute atomic E-state index is 0.0555. The molecule has 3 N–H and O–H groups in total. The number of methoxy groups -OCH3 is 1. The van der Waals surface area contributed by atoms with Crippen molar-refractivity contribution in [2.24, 2.45) is 5.92 Å². The van der Waals surface area contributed by atoms with Crippen LogP contribution in [-0.4, -0.2) is 29.4 Å². The van der Waals surface area contributed by atoms with Gasteiger partial charge in [0.05, 0.1) is 7.11 Å². The molecule has 0 aliphatic rings. The number of carbonyl (C=O) groups is 2. The molecule has 0 spiro atoms. The molecule has 0 radical (unpaired) electrons. The van der Waals surface area contributed by atoms with Crippen LogP contribution in [0.25, 0.3) is 0 Å². The fourth-order valence-electron chi connectivity index (χ4n) is 2.88. The zero-order valence-corrected chi connectivity index (χ0v) is 16.4. The van der Waals surface area contributed by atoms with Gasteiger partial charge in [-0.2, -0.15) is 0 Å². The molecule has 2 aromatic carbocycles. The molecule has 2 rings (SSSR count). The van der Waals surface area contributed by atoms with Crippen LogP contribution in [0.3, 0.4) is 0 Å². The first-order valence-electron chi connectivity index (χ1n) is 9.19. The summed E-state index contributed by atoms with van der Waals surface area (Å²) in [7, 11) is 1.45. The normalized spacial score (nSPS) is 12.9. The van der Waals surface area contributed by atoms with Crippen molar-refractivity contribution in [1.29, 1.82) is 0 Å². The largest absolute Gasteiger partial charge is 0.504 e. The molecule has 7 heteroatoms. The molecule has 0 fully saturated rings. The molecule has 0 unspecified atom stereocenters. The first kappa shape index (κ1) is 21.8. The van der Waals surface area contributed by atoms with Gasteiger partial charge in [0.2, 0.25) is 0 Å². The molecule has 0 saturated heterocycles. The van der Waals surface area contributed by atoms with Gasteiger partial charge in [-0.1, -0.05) is 37.3 Å². The number of hydrogen-bond acceptors (Lipinski definition) is 5. The van der Waals surface area contributed by atoms with Gasteiger partial charge in [0.1, 0.15) is 6.10 Å². The predicted molar refractivity (Wildman–Crippen MR) is 109 cm³/mol. The SMILES string of the molecule is COc1ccc([C@@H](OC(=O)Nc2ccccc2)[C@H](C)CC/C=C/C(=O)O)cc1O. The Bertz CT molecular complexity index is 850. The standard InChI is InChI=1S/C22H25NO6/c1-15(8-6-7-11-20(25)26)21(16-12-13-19(28-2)18(24)14-16)29-22(27)23-17-9-4-3-5-10-17/h3-5,7,9-15,21,24H,6,8H2,1-2H3,(H,23,27)(H,25,26)/b11-7+/t15-,21+/m1/s1. The van der Waals surface area contributed by atoms with Crippen LogP contribution >= 0.6 is 0 Å². The summed E-state index contributed by atoms with van der Waals surface area (Å²) in [5, 5.41) is 21.5. The number of phenolic OH excluding ortho intramolecular Hbond substituents is 1. The molecule has 0 bridgehead atoms. The average Bonchev–Trinajstić information content (AvgIpc) is 2.69. The number of rotatable bonds is 9. The van der Waals surface area contributed by atoms with Crippen molar-refractivity contribution in [1.82, 2.24) is 0 Å². The topological polar surface area (TPSA) is 105 Å². The molecule has 0 aromatic heterocycles. The number of allylic oxidation sites excluding steroid dienone is 1. The minimum Gasteiger partial charge on any atom is -0.504 e. The van der Waals surface area contributed by atoms with E-state index < -0.39 is 18.2 Å². The van der Waals surface area contributed by atoms with Crippen molar-refractivity contribution in [3.63, 3.8) is 0 Å². The van der Waals surface area contributed by atoms with E-state index in [1.165, 1.54) is 13.2 Å². The molecule has 1 amide bonds. The maximum Gasteiger partial charge on any atom is 0.412 e. The quantitative estimate of drug-likeness (QED) is 0.526. The van der Waals surface area contributed by atoms with Crippen LogP contribution in [0, 0.1) is 5.92 Å². The van der Waals surface area contributed by atoms with E-state index in [0.29, 0.717) is 29.8 Å². The van der Waals surface area contributed by atoms with Crippen molar-refractivity contribution in [2.45, 2.75) is 25.9 Å². The van der Waals surface area contributed by atoms with E-state index in [1.807, 2.05) is 13.0 Å². The zero-order chi connectivity index (χ0) is 21.2. The van der Waals surface area contributed by atoms with Gasteiger partial charge in [0.15, 0.2) is 11.5 Å². The van der Waals surface area contributed by atoms with Gasteiger partial charge < -0.3 is 19.7 Å². The van der Waals surface area contributed by atoms with E-state index in [1.54, 1.807) is 42.5 Å². The lowest BCUT2D eigenvalue weighted by molar-refractivity contribution is -0.131. The Labute approximate surface area is 169 Å². The Hall–Kier alpha value is -3.48. The maximum absolute atomic E-state index is 12.4. The number of phenols is 1. The molecule has 0 aliphatic heterocycles. The first-order valence-corrected chi connectivity index (χ1v) is 9.19. The lowest BCUT2D eigenvalue weighted by atomic mass is 9.92. The molecule has 0 heterocycles. The number of aliphatic carboxylic acids is 1. The number of carbonyl (C=O) groups excluding carboxylic acids is 1. The molecule has 7 nitrogen and oxygen atoms in total. The molecular weight excluding hydrogens is 374 g/mol. The number of hydrogen-bond donors (Lipinski definition) is 3. The van der Waals surface area contributed by atoms with E-state index in [9.17, 15) is 14.7 Å². The van der Waals surface area contributed by atoms with Gasteiger partial charge in [-0.3, -0.25) is 5.32 Å². The van der Waals surface area contributed by atoms with Crippen LogP contribution in [0.4, 0.5) is 10.5 Å². The maximum atomic E-state index is 12.4. The van der Waals surface area contributed by atoms with Crippen molar-refractivity contribution < 1.29 is 29.3 Å². The van der Waals surface area contributed by atoms with Gasteiger partial charge in [-0.15, -0.1) is 0 Å². The summed E-state index contributed by atoms with van der Waals surface area (Å²) < 4.78 is 10.7. The molecule has 0 aliphatic carbocycles. The molecule has 29 heavy (non-hydrogen) atoms. The van der Waals surface area contributed by atoms with E-state index in [4.69, 9.17) is 14.6 Å². The van der Waals surface area contributed by atoms with E-state index >= 15 is 0 Å². The fourth-order valence-corrected chi connectivity index (χ4v) is 2.88. The van der Waals surface area contributed by atoms with Crippen molar-refractivity contribution in [3.8, 4) is 11.5 Å². The van der Waals surface area contributed by atoms with Crippen molar-refractivity contribution >= 4 is 17.7 Å². The summed E-state index contributed by atoms with van der Waals surface area (Å²) in [6.07, 6.45) is 2.48. The highest BCUT2D eigenvalue weighted by Gasteiger charge is 2.24. The molecular formula is C22H25NO6. The number of carboxylic acids is 1. The molecule has 0 saturated carbocycles. The monoisotopic (exact) mass is 399 g/mol. The third kappa shape index (κ3) is 6.88. The second-order valence-corrected chi connectivity index (χ2v) is 6.54. The summed E-state index contributed by atoms with van der Waals surface area (Å²) in [4.78, 5) is 23.0. The van der Waals surface area contributed by atoms with Gasteiger partial charge in [-0.25, -0.2) is 9.59 Å². The molecule has 154 valence electrons. The van der Waals surface area contributed by atoms with Gasteiger partial charge in [0, 0.05) is 11.8 Å². The number of benzene rings is 2. The van der Waals surface area contributed by atoms with Gasteiger partial charge in [-0.05, 0) is 48.6 Å². The summed E-state index contributed by atoms with van der Waals surface area (Å²) in [6.45, 7) is 1.90. The van der Waals surface area contributed by atoms with E-state index in [-0.39, 0.29) is 11.7 Å². The second kappa shape index (κ2) is 10.8. The van der Waals surface area contributed by atoms with Crippen LogP contribution in [0.1, 0.15) is 31.4 Å². The smallest absolute Gasteiger partial charge is 0.412 e. The number of ether oxygens (including phenoxy) is 2. The number of nitrogens with one attached hydrogen (secondary N) is 1. The Morgan fingerprint density at radius 2 is 1.90 bits per heavy atom. The highest BCUT2D eigenvalue weighted by atomic mass is 16.6. The van der Waals surface area contributed by atoms with Crippen LogP contribution in [0.5, 0.6) is 11.5 Å². The van der Waals surface area contributed by atoms with Crippen LogP contribution in [-0.2, 0) is 9.53 Å². The highest BCUT2D eigenvalue weighted by molar-refractivity contribution is 5.84. The number of amides is 1. The van der Waals surface area contributed by atoms with E-state index in [2.05, 4.69) is 5.32 Å². The third-order valence-corrected chi connectivity index (χ3v) is 4.35. The summed E-state index contributed by atoms with van der Waals surface area (Å²) in [6, 6.07) is 13.8. The minimum atomic E-state index is -1.01. The predicted octanol–water partition coefficient (Wildman–Crippen LogP) is 4.75. The van der Waals surface area contributed by atoms with Crippen LogP contribution < -0.4 is 10.1 Å². The first-order chi connectivity index (χ1) is 13.9. The Kier molecular flexibility index (Phi) is 8.09. The molecule has 2 atom stereocenters. The number of aromatic hydroxyl groups is 1. The fraction of sp³-hybridized carbons (Fsp3) is 0.273. The van der Waals surface area contributed by atoms with Crippen LogP contribution in [0.15, 0.2) is 60.7 Å². The second-order valence-electron chi connectivity index (χ2n) is 6.54. The lowest BCUT2D eigenvalue weighted by Gasteiger charge is -2.25. The molecule has 2 aromatic rings. The third-order valence-electron chi connectivity index (χ3n) is 4.35.